The molecule has 7 heteroatoms. The molecule has 0 saturated carbocycles. The molecule has 4 aromatic rings. The molecule has 4 rings (SSSR count). The molecule has 0 saturated heterocycles. The second-order valence-electron chi connectivity index (χ2n) is 8.13. The number of pyridine rings is 1. The molecular weight excluding hydrogens is 450 g/mol. The normalized spacial score (nSPS) is 11.1. The average molecular weight is 478 g/mol. The molecule has 0 radical (unpaired) electrons. The molecule has 176 valence electrons. The van der Waals surface area contributed by atoms with E-state index in [2.05, 4.69) is 9.55 Å². The molecule has 2 aromatic carbocycles. The van der Waals surface area contributed by atoms with Gasteiger partial charge >= 0.3 is 5.97 Å². The SMILES string of the molecule is CCOC(=O)CCCOc1cc(C)c2nc(C)n(Cc3ccc(-c4ccccn4)cc3Cl)c2c1. The molecule has 34 heavy (non-hydrogen) atoms. The molecule has 6 nitrogen and oxygen atoms in total. The number of aryl methyl sites for hydroxylation is 2. The highest BCUT2D eigenvalue weighted by Crippen LogP contribution is 2.29. The summed E-state index contributed by atoms with van der Waals surface area (Å²) in [7, 11) is 0. The van der Waals surface area contributed by atoms with Gasteiger partial charge in [0.05, 0.1) is 36.5 Å². The minimum Gasteiger partial charge on any atom is -0.493 e. The van der Waals surface area contributed by atoms with Crippen LogP contribution in [0.4, 0.5) is 0 Å². The van der Waals surface area contributed by atoms with E-state index in [1.165, 1.54) is 0 Å². The zero-order chi connectivity index (χ0) is 24.1. The van der Waals surface area contributed by atoms with Crippen molar-refractivity contribution in [2.45, 2.75) is 40.2 Å². The summed E-state index contributed by atoms with van der Waals surface area (Å²) in [6.07, 6.45) is 2.72. The number of halogens is 1. The molecule has 0 aliphatic carbocycles. The van der Waals surface area contributed by atoms with Gasteiger partial charge in [0.1, 0.15) is 11.6 Å². The number of fused-ring (bicyclic) bond motifs is 1. The molecule has 0 aliphatic heterocycles. The van der Waals surface area contributed by atoms with Gasteiger partial charge in [0, 0.05) is 29.3 Å². The maximum atomic E-state index is 11.5. The average Bonchev–Trinajstić information content (AvgIpc) is 3.14. The van der Waals surface area contributed by atoms with Crippen LogP contribution in [0.15, 0.2) is 54.7 Å². The summed E-state index contributed by atoms with van der Waals surface area (Å²) in [5.74, 6) is 1.46. The minimum atomic E-state index is -0.197. The summed E-state index contributed by atoms with van der Waals surface area (Å²) in [6, 6.07) is 15.9. The Kier molecular flexibility index (Phi) is 7.48. The largest absolute Gasteiger partial charge is 0.493 e. The molecule has 2 heterocycles. The lowest BCUT2D eigenvalue weighted by Crippen LogP contribution is -2.07. The summed E-state index contributed by atoms with van der Waals surface area (Å²) in [5.41, 5.74) is 5.84. The summed E-state index contributed by atoms with van der Waals surface area (Å²) in [5, 5.41) is 0.687. The summed E-state index contributed by atoms with van der Waals surface area (Å²) >= 11 is 6.67. The number of nitrogens with zero attached hydrogens (tertiary/aromatic N) is 3. The highest BCUT2D eigenvalue weighted by molar-refractivity contribution is 6.31. The van der Waals surface area contributed by atoms with Crippen molar-refractivity contribution in [3.05, 3.63) is 76.7 Å². The van der Waals surface area contributed by atoms with Crippen molar-refractivity contribution in [2.24, 2.45) is 0 Å². The number of hydrogen-bond acceptors (Lipinski definition) is 5. The third-order valence-corrected chi connectivity index (χ3v) is 6.00. The second kappa shape index (κ2) is 10.7. The Bertz CT molecular complexity index is 1300. The van der Waals surface area contributed by atoms with Crippen molar-refractivity contribution in [3.8, 4) is 17.0 Å². The maximum absolute atomic E-state index is 11.5. The first-order valence-corrected chi connectivity index (χ1v) is 11.8. The van der Waals surface area contributed by atoms with E-state index in [0.717, 1.165) is 45.0 Å². The Morgan fingerprint density at radius 3 is 2.71 bits per heavy atom. The highest BCUT2D eigenvalue weighted by atomic mass is 35.5. The van der Waals surface area contributed by atoms with Crippen LogP contribution in [0.5, 0.6) is 5.75 Å². The van der Waals surface area contributed by atoms with Crippen LogP contribution in [0, 0.1) is 13.8 Å². The molecule has 0 unspecified atom stereocenters. The van der Waals surface area contributed by atoms with Crippen molar-refractivity contribution >= 4 is 28.6 Å². The Labute approximate surface area is 204 Å². The van der Waals surface area contributed by atoms with Gasteiger partial charge in [0.2, 0.25) is 0 Å². The lowest BCUT2D eigenvalue weighted by Gasteiger charge is -2.12. The van der Waals surface area contributed by atoms with Gasteiger partial charge in [-0.2, -0.15) is 0 Å². The Balaban J connectivity index is 1.54. The third kappa shape index (κ3) is 5.39. The topological polar surface area (TPSA) is 66.2 Å². The van der Waals surface area contributed by atoms with Crippen molar-refractivity contribution in [3.63, 3.8) is 0 Å². The zero-order valence-corrected chi connectivity index (χ0v) is 20.4. The monoisotopic (exact) mass is 477 g/mol. The molecule has 0 N–H and O–H groups in total. The third-order valence-electron chi connectivity index (χ3n) is 5.65. The number of ether oxygens (including phenoxy) is 2. The Morgan fingerprint density at radius 1 is 1.12 bits per heavy atom. The fourth-order valence-electron chi connectivity index (χ4n) is 3.94. The van der Waals surface area contributed by atoms with E-state index in [4.69, 9.17) is 26.1 Å². The predicted molar refractivity (Wildman–Crippen MR) is 134 cm³/mol. The molecule has 0 bridgehead atoms. The van der Waals surface area contributed by atoms with Gasteiger partial charge in [-0.1, -0.05) is 29.8 Å². The molecule has 0 amide bonds. The van der Waals surface area contributed by atoms with E-state index in [1.807, 2.05) is 62.4 Å². The first-order valence-electron chi connectivity index (χ1n) is 11.4. The molecule has 0 spiro atoms. The highest BCUT2D eigenvalue weighted by Gasteiger charge is 2.14. The van der Waals surface area contributed by atoms with Crippen LogP contribution in [-0.4, -0.2) is 33.7 Å². The fraction of sp³-hybridized carbons (Fsp3) is 0.296. The van der Waals surface area contributed by atoms with Crippen molar-refractivity contribution < 1.29 is 14.3 Å². The number of carbonyl (C=O) groups excluding carboxylic acids is 1. The van der Waals surface area contributed by atoms with E-state index in [9.17, 15) is 4.79 Å². The standard InChI is InChI=1S/C27H28ClN3O3/c1-4-33-26(32)9-7-13-34-22-14-18(2)27-25(16-22)31(19(3)30-27)17-21-11-10-20(15-23(21)28)24-8-5-6-12-29-24/h5-6,8,10-12,14-16H,4,7,9,13,17H2,1-3H3. The van der Waals surface area contributed by atoms with E-state index < -0.39 is 0 Å². The van der Waals surface area contributed by atoms with Crippen LogP contribution in [0.1, 0.15) is 36.7 Å². The number of hydrogen-bond donors (Lipinski definition) is 0. The molecule has 0 fully saturated rings. The van der Waals surface area contributed by atoms with Crippen LogP contribution >= 0.6 is 11.6 Å². The minimum absolute atomic E-state index is 0.197. The van der Waals surface area contributed by atoms with Gasteiger partial charge in [-0.15, -0.1) is 0 Å². The van der Waals surface area contributed by atoms with Gasteiger partial charge in [-0.05, 0) is 62.6 Å². The lowest BCUT2D eigenvalue weighted by molar-refractivity contribution is -0.143. The van der Waals surface area contributed by atoms with Crippen LogP contribution in [0.2, 0.25) is 5.02 Å². The number of carbonyl (C=O) groups is 1. The summed E-state index contributed by atoms with van der Waals surface area (Å²) in [4.78, 5) is 20.7. The summed E-state index contributed by atoms with van der Waals surface area (Å²) in [6.45, 7) is 7.26. The van der Waals surface area contributed by atoms with Gasteiger partial charge in [-0.25, -0.2) is 4.98 Å². The Morgan fingerprint density at radius 2 is 1.97 bits per heavy atom. The van der Waals surface area contributed by atoms with Crippen LogP contribution in [0.25, 0.3) is 22.3 Å². The van der Waals surface area contributed by atoms with Crippen molar-refractivity contribution in [1.82, 2.24) is 14.5 Å². The number of esters is 1. The fourth-order valence-corrected chi connectivity index (χ4v) is 4.18. The molecular formula is C27H28ClN3O3. The second-order valence-corrected chi connectivity index (χ2v) is 8.54. The van der Waals surface area contributed by atoms with Gasteiger partial charge in [0.15, 0.2) is 0 Å². The van der Waals surface area contributed by atoms with E-state index >= 15 is 0 Å². The van der Waals surface area contributed by atoms with Crippen molar-refractivity contribution in [1.29, 1.82) is 0 Å². The molecule has 2 aromatic heterocycles. The smallest absolute Gasteiger partial charge is 0.305 e. The Hall–Kier alpha value is -3.38. The number of aromatic nitrogens is 3. The van der Waals surface area contributed by atoms with Crippen molar-refractivity contribution in [2.75, 3.05) is 13.2 Å². The summed E-state index contributed by atoms with van der Waals surface area (Å²) < 4.78 is 13.1. The zero-order valence-electron chi connectivity index (χ0n) is 19.7. The molecule has 0 aliphatic rings. The van der Waals surface area contributed by atoms with E-state index in [-0.39, 0.29) is 5.97 Å². The number of rotatable bonds is 9. The first kappa shape index (κ1) is 23.8. The maximum Gasteiger partial charge on any atom is 0.305 e. The van der Waals surface area contributed by atoms with Gasteiger partial charge in [-0.3, -0.25) is 9.78 Å². The quantitative estimate of drug-likeness (QED) is 0.214. The predicted octanol–water partition coefficient (Wildman–Crippen LogP) is 6.14. The van der Waals surface area contributed by atoms with Gasteiger partial charge < -0.3 is 14.0 Å². The van der Waals surface area contributed by atoms with Crippen LogP contribution in [-0.2, 0) is 16.1 Å². The van der Waals surface area contributed by atoms with E-state index in [1.54, 1.807) is 13.1 Å². The van der Waals surface area contributed by atoms with Crippen LogP contribution in [0.3, 0.4) is 0 Å². The number of benzene rings is 2. The van der Waals surface area contributed by atoms with Crippen LogP contribution < -0.4 is 4.74 Å². The number of imidazole rings is 1. The van der Waals surface area contributed by atoms with Gasteiger partial charge in [0.25, 0.3) is 0 Å². The lowest BCUT2D eigenvalue weighted by atomic mass is 10.1. The first-order chi connectivity index (χ1) is 16.5. The van der Waals surface area contributed by atoms with E-state index in [0.29, 0.717) is 37.6 Å². The molecule has 0 atom stereocenters.